The third-order valence-corrected chi connectivity index (χ3v) is 5.11. The van der Waals surface area contributed by atoms with Crippen LogP contribution in [0.4, 0.5) is 20.8 Å². The lowest BCUT2D eigenvalue weighted by Crippen LogP contribution is -2.45. The molecule has 1 fully saturated rings. The van der Waals surface area contributed by atoms with Crippen molar-refractivity contribution in [2.45, 2.75) is 18.9 Å². The molecule has 148 valence electrons. The molecule has 2 N–H and O–H groups in total. The van der Waals surface area contributed by atoms with Gasteiger partial charge in [-0.25, -0.2) is 14.2 Å². The maximum Gasteiger partial charge on any atom is 0.407 e. The highest BCUT2D eigenvalue weighted by atomic mass is 35.5. The predicted molar refractivity (Wildman–Crippen MR) is 105 cm³/mol. The van der Waals surface area contributed by atoms with Gasteiger partial charge < -0.3 is 20.2 Å². The molecule has 2 heterocycles. The van der Waals surface area contributed by atoms with Crippen LogP contribution in [0, 0.1) is 5.82 Å². The normalized spacial score (nSPS) is 14.6. The van der Waals surface area contributed by atoms with E-state index in [4.69, 9.17) is 16.7 Å². The van der Waals surface area contributed by atoms with Gasteiger partial charge in [0.1, 0.15) is 17.5 Å². The van der Waals surface area contributed by atoms with E-state index >= 15 is 0 Å². The molecule has 1 aliphatic heterocycles. The van der Waals surface area contributed by atoms with Gasteiger partial charge in [0.2, 0.25) is 0 Å². The van der Waals surface area contributed by atoms with Gasteiger partial charge in [-0.3, -0.25) is 4.79 Å². The first-order valence-electron chi connectivity index (χ1n) is 8.79. The maximum absolute atomic E-state index is 13.2. The molecule has 7 nitrogen and oxygen atoms in total. The van der Waals surface area contributed by atoms with E-state index in [0.717, 1.165) is 6.07 Å². The van der Waals surface area contributed by atoms with E-state index in [1.54, 1.807) is 12.1 Å². The Labute approximate surface area is 166 Å². The molecule has 2 aromatic rings. The molecule has 3 rings (SSSR count). The molecular weight excluding hydrogens is 387 g/mol. The average Bonchev–Trinajstić information content (AvgIpc) is 2.67. The lowest BCUT2D eigenvalue weighted by Gasteiger charge is -2.36. The summed E-state index contributed by atoms with van der Waals surface area (Å²) in [4.78, 5) is 31.3. The number of rotatable bonds is 4. The number of anilines is 2. The summed E-state index contributed by atoms with van der Waals surface area (Å²) in [5, 5.41) is 11.8. The number of carboxylic acid groups (broad SMARTS) is 1. The third kappa shape index (κ3) is 4.51. The van der Waals surface area contributed by atoms with Crippen molar-refractivity contribution in [2.75, 3.05) is 30.4 Å². The number of hydrogen-bond donors (Lipinski definition) is 2. The molecule has 1 aromatic carbocycles. The van der Waals surface area contributed by atoms with Crippen LogP contribution in [0.15, 0.2) is 36.4 Å². The highest BCUT2D eigenvalue weighted by Crippen LogP contribution is 2.23. The Bertz CT molecular complexity index is 887. The van der Waals surface area contributed by atoms with Crippen LogP contribution < -0.4 is 10.2 Å². The quantitative estimate of drug-likeness (QED) is 0.808. The van der Waals surface area contributed by atoms with Crippen LogP contribution in [-0.4, -0.2) is 53.2 Å². The number of benzene rings is 1. The van der Waals surface area contributed by atoms with Crippen molar-refractivity contribution in [1.29, 1.82) is 0 Å². The number of halogens is 2. The van der Waals surface area contributed by atoms with Gasteiger partial charge in [-0.2, -0.15) is 0 Å². The van der Waals surface area contributed by atoms with E-state index in [9.17, 15) is 14.0 Å². The van der Waals surface area contributed by atoms with Crippen LogP contribution in [0.25, 0.3) is 0 Å². The number of pyridine rings is 1. The molecule has 1 saturated heterocycles. The molecule has 0 aliphatic carbocycles. The molecule has 28 heavy (non-hydrogen) atoms. The van der Waals surface area contributed by atoms with Crippen LogP contribution in [0.3, 0.4) is 0 Å². The van der Waals surface area contributed by atoms with Gasteiger partial charge in [0, 0.05) is 26.2 Å². The maximum atomic E-state index is 13.2. The Morgan fingerprint density at radius 1 is 1.29 bits per heavy atom. The zero-order valence-corrected chi connectivity index (χ0v) is 16.0. The minimum absolute atomic E-state index is 0.0240. The van der Waals surface area contributed by atoms with Crippen molar-refractivity contribution >= 4 is 35.2 Å². The van der Waals surface area contributed by atoms with E-state index < -0.39 is 17.8 Å². The number of hydrogen-bond acceptors (Lipinski definition) is 4. The van der Waals surface area contributed by atoms with Gasteiger partial charge in [-0.1, -0.05) is 17.7 Å². The van der Waals surface area contributed by atoms with Gasteiger partial charge in [0.05, 0.1) is 10.6 Å². The second kappa shape index (κ2) is 8.43. The summed E-state index contributed by atoms with van der Waals surface area (Å²) in [6.45, 7) is 0.952. The van der Waals surface area contributed by atoms with Gasteiger partial charge in [-0.15, -0.1) is 0 Å². The monoisotopic (exact) mass is 406 g/mol. The largest absolute Gasteiger partial charge is 0.465 e. The van der Waals surface area contributed by atoms with Gasteiger partial charge in [0.25, 0.3) is 5.91 Å². The molecule has 1 aliphatic rings. The first-order chi connectivity index (χ1) is 13.3. The van der Waals surface area contributed by atoms with Crippen LogP contribution in [0.5, 0.6) is 0 Å². The number of piperidine rings is 1. The summed E-state index contributed by atoms with van der Waals surface area (Å²) in [6.07, 6.45) is 0.502. The predicted octanol–water partition coefficient (Wildman–Crippen LogP) is 3.71. The summed E-state index contributed by atoms with van der Waals surface area (Å²) >= 11 is 5.93. The molecule has 0 unspecified atom stereocenters. The molecular formula is C19H20ClFN4O3. The molecule has 0 spiro atoms. The summed E-state index contributed by atoms with van der Waals surface area (Å²) in [6, 6.07) is 8.97. The zero-order valence-electron chi connectivity index (χ0n) is 15.2. The highest BCUT2D eigenvalue weighted by Gasteiger charge is 2.25. The minimum Gasteiger partial charge on any atom is -0.465 e. The lowest BCUT2D eigenvalue weighted by atomic mass is 10.0. The smallest absolute Gasteiger partial charge is 0.407 e. The average molecular weight is 407 g/mol. The highest BCUT2D eigenvalue weighted by molar-refractivity contribution is 6.34. The van der Waals surface area contributed by atoms with E-state index in [1.807, 2.05) is 18.0 Å². The Balaban J connectivity index is 1.68. The second-order valence-electron chi connectivity index (χ2n) is 6.57. The zero-order chi connectivity index (χ0) is 20.3. The van der Waals surface area contributed by atoms with Crippen molar-refractivity contribution in [3.05, 3.63) is 52.8 Å². The van der Waals surface area contributed by atoms with Gasteiger partial charge in [0.15, 0.2) is 0 Å². The Kier molecular flexibility index (Phi) is 5.99. The number of nitrogens with zero attached hydrogens (tertiary/aromatic N) is 3. The Hall–Kier alpha value is -2.87. The van der Waals surface area contributed by atoms with Crippen LogP contribution >= 0.6 is 11.6 Å². The molecule has 9 heteroatoms. The number of aromatic nitrogens is 1. The molecule has 2 amide bonds. The molecule has 0 atom stereocenters. The fraction of sp³-hybridized carbons (Fsp3) is 0.316. The number of nitrogens with one attached hydrogen (secondary N) is 1. The standard InChI is InChI=1S/C19H20ClFN4O3/c1-24(13-7-9-25(10-8-13)19(27)28)17-4-2-3-16(22-17)23-18(26)14-6-5-12(21)11-15(14)20/h2-6,11,13H,7-10H2,1H3,(H,27,28)(H,22,23,26). The lowest BCUT2D eigenvalue weighted by molar-refractivity contribution is 0.102. The van der Waals surface area contributed by atoms with Crippen LogP contribution in [0.1, 0.15) is 23.2 Å². The van der Waals surface area contributed by atoms with Gasteiger partial charge in [-0.05, 0) is 43.2 Å². The fourth-order valence-electron chi connectivity index (χ4n) is 3.18. The molecule has 1 aromatic heterocycles. The van der Waals surface area contributed by atoms with Gasteiger partial charge >= 0.3 is 6.09 Å². The number of carbonyl (C=O) groups is 2. The molecule has 0 saturated carbocycles. The summed E-state index contributed by atoms with van der Waals surface area (Å²) in [5.74, 6) is 0.0128. The van der Waals surface area contributed by atoms with E-state index in [2.05, 4.69) is 10.3 Å². The number of carbonyl (C=O) groups excluding carboxylic acids is 1. The van der Waals surface area contributed by atoms with Crippen molar-refractivity contribution in [1.82, 2.24) is 9.88 Å². The fourth-order valence-corrected chi connectivity index (χ4v) is 3.43. The first kappa shape index (κ1) is 19.9. The van der Waals surface area contributed by atoms with Crippen LogP contribution in [0.2, 0.25) is 5.02 Å². The Morgan fingerprint density at radius 2 is 2.00 bits per heavy atom. The SMILES string of the molecule is CN(c1cccc(NC(=O)c2ccc(F)cc2Cl)n1)C1CCN(C(=O)O)CC1. The summed E-state index contributed by atoms with van der Waals surface area (Å²) < 4.78 is 13.2. The summed E-state index contributed by atoms with van der Waals surface area (Å²) in [5.41, 5.74) is 0.157. The Morgan fingerprint density at radius 3 is 2.64 bits per heavy atom. The van der Waals surface area contributed by atoms with Crippen molar-refractivity contribution < 1.29 is 19.1 Å². The van der Waals surface area contributed by atoms with Crippen molar-refractivity contribution in [2.24, 2.45) is 0 Å². The number of amides is 2. The van der Waals surface area contributed by atoms with E-state index in [1.165, 1.54) is 17.0 Å². The third-order valence-electron chi connectivity index (χ3n) is 4.80. The second-order valence-corrected chi connectivity index (χ2v) is 6.98. The topological polar surface area (TPSA) is 85.8 Å². The van der Waals surface area contributed by atoms with Crippen molar-refractivity contribution in [3.63, 3.8) is 0 Å². The van der Waals surface area contributed by atoms with Crippen molar-refractivity contribution in [3.8, 4) is 0 Å². The molecule has 0 radical (unpaired) electrons. The summed E-state index contributed by atoms with van der Waals surface area (Å²) in [7, 11) is 1.89. The first-order valence-corrected chi connectivity index (χ1v) is 9.17. The minimum atomic E-state index is -0.900. The number of likely N-dealkylation sites (tertiary alicyclic amines) is 1. The molecule has 0 bridgehead atoms. The van der Waals surface area contributed by atoms with E-state index in [-0.39, 0.29) is 16.6 Å². The van der Waals surface area contributed by atoms with E-state index in [0.29, 0.717) is 37.6 Å². The van der Waals surface area contributed by atoms with Crippen LogP contribution in [-0.2, 0) is 0 Å².